The van der Waals surface area contributed by atoms with E-state index in [0.717, 1.165) is 46.4 Å². The molecular formula is C19H21BrN2O3S. The number of halogens is 1. The molecule has 1 heterocycles. The fourth-order valence-electron chi connectivity index (χ4n) is 3.01. The molecule has 1 aromatic carbocycles. The van der Waals surface area contributed by atoms with Crippen molar-refractivity contribution in [2.24, 2.45) is 0 Å². The number of carbonyl (C=O) groups excluding carboxylic acids is 2. The molecule has 0 radical (unpaired) electrons. The third-order valence-corrected chi connectivity index (χ3v) is 5.97. The van der Waals surface area contributed by atoms with Gasteiger partial charge in [0.2, 0.25) is 5.91 Å². The van der Waals surface area contributed by atoms with E-state index in [-0.39, 0.29) is 18.4 Å². The molecule has 2 aromatic rings. The Kier molecular flexibility index (Phi) is 6.32. The van der Waals surface area contributed by atoms with Crippen LogP contribution in [0.2, 0.25) is 0 Å². The van der Waals surface area contributed by atoms with E-state index in [2.05, 4.69) is 26.6 Å². The van der Waals surface area contributed by atoms with Crippen LogP contribution in [-0.4, -0.2) is 25.0 Å². The molecule has 2 N–H and O–H groups in total. The molecule has 0 atom stereocenters. The topological polar surface area (TPSA) is 67.4 Å². The maximum atomic E-state index is 12.4. The van der Waals surface area contributed by atoms with Crippen LogP contribution in [0.15, 0.2) is 28.7 Å². The first kappa shape index (κ1) is 18.9. The Morgan fingerprint density at radius 2 is 1.92 bits per heavy atom. The largest absolute Gasteiger partial charge is 0.462 e. The summed E-state index contributed by atoms with van der Waals surface area (Å²) in [6, 6.07) is 7.40. The van der Waals surface area contributed by atoms with Gasteiger partial charge in [0.25, 0.3) is 0 Å². The van der Waals surface area contributed by atoms with Crippen molar-refractivity contribution < 1.29 is 14.3 Å². The van der Waals surface area contributed by atoms with Crippen LogP contribution in [0.3, 0.4) is 0 Å². The molecule has 7 heteroatoms. The van der Waals surface area contributed by atoms with Gasteiger partial charge in [0.1, 0.15) is 5.00 Å². The number of carbonyl (C=O) groups is 2. The highest BCUT2D eigenvalue weighted by molar-refractivity contribution is 9.10. The summed E-state index contributed by atoms with van der Waals surface area (Å²) in [6.07, 6.45) is 4.10. The minimum atomic E-state index is -0.303. The SMILES string of the molecule is CCOC(=O)c1c(NCC(=O)Nc2ccc(Br)cc2)sc2c1CCCC2. The third-order valence-electron chi connectivity index (χ3n) is 4.19. The summed E-state index contributed by atoms with van der Waals surface area (Å²) in [5.41, 5.74) is 2.44. The molecule has 1 amide bonds. The number of hydrogen-bond acceptors (Lipinski definition) is 5. The van der Waals surface area contributed by atoms with E-state index < -0.39 is 0 Å². The molecule has 26 heavy (non-hydrogen) atoms. The van der Waals surface area contributed by atoms with Gasteiger partial charge >= 0.3 is 5.97 Å². The Balaban J connectivity index is 1.70. The first-order chi connectivity index (χ1) is 12.6. The zero-order valence-corrected chi connectivity index (χ0v) is 17.0. The van der Waals surface area contributed by atoms with Crippen molar-refractivity contribution in [1.29, 1.82) is 0 Å². The van der Waals surface area contributed by atoms with Crippen molar-refractivity contribution in [3.05, 3.63) is 44.7 Å². The van der Waals surface area contributed by atoms with Crippen LogP contribution in [0.25, 0.3) is 0 Å². The van der Waals surface area contributed by atoms with Gasteiger partial charge in [-0.3, -0.25) is 4.79 Å². The highest BCUT2D eigenvalue weighted by Gasteiger charge is 2.26. The molecule has 0 saturated heterocycles. The second kappa shape index (κ2) is 8.68. The fraction of sp³-hybridized carbons (Fsp3) is 0.368. The van der Waals surface area contributed by atoms with Crippen molar-refractivity contribution in [2.75, 3.05) is 23.8 Å². The number of benzene rings is 1. The molecule has 3 rings (SSSR count). The summed E-state index contributed by atoms with van der Waals surface area (Å²) in [7, 11) is 0. The summed E-state index contributed by atoms with van der Waals surface area (Å²) in [5, 5.41) is 6.72. The average molecular weight is 437 g/mol. The molecule has 0 unspecified atom stereocenters. The molecule has 138 valence electrons. The number of aryl methyl sites for hydroxylation is 1. The highest BCUT2D eigenvalue weighted by Crippen LogP contribution is 2.38. The van der Waals surface area contributed by atoms with Crippen molar-refractivity contribution in [3.8, 4) is 0 Å². The van der Waals surface area contributed by atoms with E-state index in [0.29, 0.717) is 12.2 Å². The van der Waals surface area contributed by atoms with Gasteiger partial charge < -0.3 is 15.4 Å². The van der Waals surface area contributed by atoms with Crippen LogP contribution in [0.4, 0.5) is 10.7 Å². The molecular weight excluding hydrogens is 416 g/mol. The Hall–Kier alpha value is -1.86. The number of fused-ring (bicyclic) bond motifs is 1. The fourth-order valence-corrected chi connectivity index (χ4v) is 4.55. The molecule has 1 aliphatic rings. The predicted molar refractivity (Wildman–Crippen MR) is 108 cm³/mol. The van der Waals surface area contributed by atoms with Crippen LogP contribution in [0, 0.1) is 0 Å². The number of ether oxygens (including phenoxy) is 1. The Morgan fingerprint density at radius 1 is 1.19 bits per heavy atom. The number of anilines is 2. The Labute approximate surface area is 165 Å². The minimum Gasteiger partial charge on any atom is -0.462 e. The lowest BCUT2D eigenvalue weighted by Crippen LogP contribution is -2.22. The number of thiophene rings is 1. The second-order valence-corrected chi connectivity index (χ2v) is 8.06. The van der Waals surface area contributed by atoms with Gasteiger partial charge in [0, 0.05) is 15.0 Å². The Morgan fingerprint density at radius 3 is 2.65 bits per heavy atom. The molecule has 0 saturated carbocycles. The highest BCUT2D eigenvalue weighted by atomic mass is 79.9. The van der Waals surface area contributed by atoms with Crippen LogP contribution < -0.4 is 10.6 Å². The Bertz CT molecular complexity index is 802. The van der Waals surface area contributed by atoms with Gasteiger partial charge in [0.15, 0.2) is 0 Å². The lowest BCUT2D eigenvalue weighted by atomic mass is 9.95. The van der Waals surface area contributed by atoms with E-state index in [1.165, 1.54) is 4.88 Å². The number of nitrogens with one attached hydrogen (secondary N) is 2. The zero-order chi connectivity index (χ0) is 18.5. The molecule has 1 aromatic heterocycles. The first-order valence-electron chi connectivity index (χ1n) is 8.69. The minimum absolute atomic E-state index is 0.0991. The van der Waals surface area contributed by atoms with E-state index in [4.69, 9.17) is 4.74 Å². The normalized spacial score (nSPS) is 13.0. The van der Waals surface area contributed by atoms with Crippen molar-refractivity contribution in [2.45, 2.75) is 32.6 Å². The lowest BCUT2D eigenvalue weighted by Gasteiger charge is -2.12. The molecule has 0 bridgehead atoms. The van der Waals surface area contributed by atoms with Gasteiger partial charge in [0.05, 0.1) is 18.7 Å². The summed E-state index contributed by atoms with van der Waals surface area (Å²) < 4.78 is 6.18. The van der Waals surface area contributed by atoms with E-state index >= 15 is 0 Å². The van der Waals surface area contributed by atoms with E-state index in [9.17, 15) is 9.59 Å². The third kappa shape index (κ3) is 4.45. The molecule has 5 nitrogen and oxygen atoms in total. The van der Waals surface area contributed by atoms with Gasteiger partial charge in [-0.25, -0.2) is 4.79 Å². The first-order valence-corrected chi connectivity index (χ1v) is 10.3. The smallest absolute Gasteiger partial charge is 0.341 e. The average Bonchev–Trinajstić information content (AvgIpc) is 3.00. The molecule has 0 spiro atoms. The number of esters is 1. The van der Waals surface area contributed by atoms with Gasteiger partial charge in [-0.05, 0) is 62.4 Å². The monoisotopic (exact) mass is 436 g/mol. The summed E-state index contributed by atoms with van der Waals surface area (Å²) in [5.74, 6) is -0.462. The van der Waals surface area contributed by atoms with Crippen molar-refractivity contribution in [1.82, 2.24) is 0 Å². The van der Waals surface area contributed by atoms with Crippen LogP contribution in [-0.2, 0) is 22.4 Å². The van der Waals surface area contributed by atoms with Crippen LogP contribution in [0.1, 0.15) is 40.6 Å². The zero-order valence-electron chi connectivity index (χ0n) is 14.6. The summed E-state index contributed by atoms with van der Waals surface area (Å²) in [4.78, 5) is 25.9. The van der Waals surface area contributed by atoms with Gasteiger partial charge in [-0.2, -0.15) is 0 Å². The van der Waals surface area contributed by atoms with Crippen LogP contribution >= 0.6 is 27.3 Å². The quantitative estimate of drug-likeness (QED) is 0.648. The number of hydrogen-bond donors (Lipinski definition) is 2. The van der Waals surface area contributed by atoms with Crippen molar-refractivity contribution in [3.63, 3.8) is 0 Å². The standard InChI is InChI=1S/C19H21BrN2O3S/c1-2-25-19(24)17-14-5-3-4-6-15(14)26-18(17)21-11-16(23)22-13-9-7-12(20)8-10-13/h7-10,21H,2-6,11H2,1H3,(H,22,23). The second-order valence-electron chi connectivity index (χ2n) is 6.04. The molecule has 1 aliphatic carbocycles. The van der Waals surface area contributed by atoms with Crippen molar-refractivity contribution >= 4 is 49.8 Å². The van der Waals surface area contributed by atoms with Crippen LogP contribution in [0.5, 0.6) is 0 Å². The number of rotatable bonds is 6. The summed E-state index contributed by atoms with van der Waals surface area (Å²) in [6.45, 7) is 2.24. The van der Waals surface area contributed by atoms with Gasteiger partial charge in [-0.1, -0.05) is 15.9 Å². The van der Waals surface area contributed by atoms with Gasteiger partial charge in [-0.15, -0.1) is 11.3 Å². The summed E-state index contributed by atoms with van der Waals surface area (Å²) >= 11 is 4.94. The molecule has 0 aliphatic heterocycles. The molecule has 0 fully saturated rings. The van der Waals surface area contributed by atoms with E-state index in [1.807, 2.05) is 24.3 Å². The number of amides is 1. The van der Waals surface area contributed by atoms with E-state index in [1.54, 1.807) is 18.3 Å². The maximum absolute atomic E-state index is 12.4. The maximum Gasteiger partial charge on any atom is 0.341 e. The lowest BCUT2D eigenvalue weighted by molar-refractivity contribution is -0.114. The predicted octanol–water partition coefficient (Wildman–Crippen LogP) is 4.62.